The second kappa shape index (κ2) is 11.1. The Morgan fingerprint density at radius 2 is 1.82 bits per heavy atom. The summed E-state index contributed by atoms with van der Waals surface area (Å²) < 4.78 is 52.4. The third-order valence-corrected chi connectivity index (χ3v) is 7.63. The molecule has 1 amide bonds. The summed E-state index contributed by atoms with van der Waals surface area (Å²) in [5.74, 6) is -0.995. The molecule has 9 nitrogen and oxygen atoms in total. The van der Waals surface area contributed by atoms with Crippen molar-refractivity contribution in [3.8, 4) is 0 Å². The van der Waals surface area contributed by atoms with Gasteiger partial charge in [0, 0.05) is 26.2 Å². The van der Waals surface area contributed by atoms with Crippen LogP contribution in [0.15, 0.2) is 47.4 Å². The number of amides is 1. The minimum atomic E-state index is -3.71. The highest BCUT2D eigenvalue weighted by atomic mass is 32.2. The van der Waals surface area contributed by atoms with Gasteiger partial charge in [-0.25, -0.2) is 12.8 Å². The molecular weight excluding hydrogens is 463 g/mol. The largest absolute Gasteiger partial charge is 0.381 e. The van der Waals surface area contributed by atoms with Gasteiger partial charge in [0.2, 0.25) is 15.9 Å². The fraction of sp³-hybridized carbons (Fsp3) is 0.435. The number of ether oxygens (including phenoxy) is 2. The first-order valence-corrected chi connectivity index (χ1v) is 12.7. The molecular formula is C23H29FN4O5S. The molecule has 11 heteroatoms. The molecule has 0 aliphatic carbocycles. The van der Waals surface area contributed by atoms with Crippen molar-refractivity contribution in [2.45, 2.75) is 23.8 Å². The van der Waals surface area contributed by atoms with E-state index in [1.54, 1.807) is 18.2 Å². The molecule has 2 aliphatic rings. The zero-order valence-corrected chi connectivity index (χ0v) is 19.6. The number of halogens is 1. The van der Waals surface area contributed by atoms with Gasteiger partial charge in [-0.2, -0.15) is 4.31 Å². The van der Waals surface area contributed by atoms with Crippen LogP contribution in [0.2, 0.25) is 0 Å². The van der Waals surface area contributed by atoms with E-state index in [4.69, 9.17) is 9.47 Å². The smallest absolute Gasteiger partial charge is 0.243 e. The molecule has 34 heavy (non-hydrogen) atoms. The molecule has 1 atom stereocenters. The molecule has 0 aromatic heterocycles. The van der Waals surface area contributed by atoms with Gasteiger partial charge in [-0.15, -0.1) is 0 Å². The van der Waals surface area contributed by atoms with Crippen molar-refractivity contribution in [1.29, 1.82) is 0 Å². The highest BCUT2D eigenvalue weighted by molar-refractivity contribution is 7.89. The molecule has 0 bridgehead atoms. The van der Waals surface area contributed by atoms with E-state index in [2.05, 4.69) is 16.0 Å². The van der Waals surface area contributed by atoms with Gasteiger partial charge in [0.1, 0.15) is 5.82 Å². The number of rotatable bonds is 9. The topological polar surface area (TPSA) is 109 Å². The first-order valence-electron chi connectivity index (χ1n) is 11.3. The predicted octanol–water partition coefficient (Wildman–Crippen LogP) is 2.49. The minimum Gasteiger partial charge on any atom is -0.381 e. The lowest BCUT2D eigenvalue weighted by molar-refractivity contribution is -0.114. The van der Waals surface area contributed by atoms with Crippen LogP contribution in [0.5, 0.6) is 0 Å². The standard InChI is InChI=1S/C23H29FN4O5S/c24-19-5-1-2-6-20(19)27-23(29)16-26-22-14-18(34(30,31)28-9-12-32-13-10-28)7-8-21(22)25-15-17-4-3-11-33-17/h1-2,5-8,14,17,25-26H,3-4,9-13,15-16H2,(H,27,29)/t17-/m0/s1. The van der Waals surface area contributed by atoms with E-state index in [1.165, 1.54) is 28.6 Å². The highest BCUT2D eigenvalue weighted by Gasteiger charge is 2.27. The Labute approximate surface area is 198 Å². The average Bonchev–Trinajstić information content (AvgIpc) is 3.37. The summed E-state index contributed by atoms with van der Waals surface area (Å²) in [6.07, 6.45) is 2.03. The second-order valence-corrected chi connectivity index (χ2v) is 10.1. The van der Waals surface area contributed by atoms with Crippen LogP contribution in [0, 0.1) is 5.82 Å². The van der Waals surface area contributed by atoms with Crippen LogP contribution < -0.4 is 16.0 Å². The molecule has 3 N–H and O–H groups in total. The Balaban J connectivity index is 1.50. The summed E-state index contributed by atoms with van der Waals surface area (Å²) in [6.45, 7) is 2.38. The summed E-state index contributed by atoms with van der Waals surface area (Å²) in [5, 5.41) is 8.80. The molecule has 2 aromatic carbocycles. The summed E-state index contributed by atoms with van der Waals surface area (Å²) in [6, 6.07) is 10.6. The molecule has 2 aromatic rings. The number of sulfonamides is 1. The van der Waals surface area contributed by atoms with Crippen molar-refractivity contribution in [3.63, 3.8) is 0 Å². The fourth-order valence-electron chi connectivity index (χ4n) is 3.88. The van der Waals surface area contributed by atoms with Gasteiger partial charge >= 0.3 is 0 Å². The third kappa shape index (κ3) is 6.03. The third-order valence-electron chi connectivity index (χ3n) is 5.73. The van der Waals surface area contributed by atoms with Gasteiger partial charge in [0.15, 0.2) is 0 Å². The first-order chi connectivity index (χ1) is 16.4. The SMILES string of the molecule is O=C(CNc1cc(S(=O)(=O)N2CCOCC2)ccc1NC[C@@H]1CCCO1)Nc1ccccc1F. The molecule has 2 fully saturated rings. The van der Waals surface area contributed by atoms with E-state index in [0.29, 0.717) is 31.1 Å². The van der Waals surface area contributed by atoms with Crippen LogP contribution in [0.1, 0.15) is 12.8 Å². The Bertz CT molecular complexity index is 1100. The Kier molecular flexibility index (Phi) is 7.99. The van der Waals surface area contributed by atoms with Crippen LogP contribution in [0.25, 0.3) is 0 Å². The van der Waals surface area contributed by atoms with Gasteiger partial charge in [0.05, 0.1) is 47.8 Å². The normalized spacial score (nSPS) is 19.0. The molecule has 0 spiro atoms. The zero-order valence-electron chi connectivity index (χ0n) is 18.8. The van der Waals surface area contributed by atoms with Crippen molar-refractivity contribution in [2.24, 2.45) is 0 Å². The predicted molar refractivity (Wildman–Crippen MR) is 127 cm³/mol. The molecule has 0 unspecified atom stereocenters. The van der Waals surface area contributed by atoms with E-state index in [9.17, 15) is 17.6 Å². The van der Waals surface area contributed by atoms with Crippen LogP contribution in [0.3, 0.4) is 0 Å². The van der Waals surface area contributed by atoms with Crippen molar-refractivity contribution >= 4 is 33.0 Å². The number of nitrogens with zero attached hydrogens (tertiary/aromatic N) is 1. The average molecular weight is 493 g/mol. The lowest BCUT2D eigenvalue weighted by Gasteiger charge is -2.26. The Hall–Kier alpha value is -2.73. The molecule has 2 aliphatic heterocycles. The number of benzene rings is 2. The molecule has 2 heterocycles. The van der Waals surface area contributed by atoms with Gasteiger partial charge < -0.3 is 25.4 Å². The molecule has 0 radical (unpaired) electrons. The summed E-state index contributed by atoms with van der Waals surface area (Å²) in [7, 11) is -3.71. The van der Waals surface area contributed by atoms with Crippen molar-refractivity contribution in [3.05, 3.63) is 48.3 Å². The van der Waals surface area contributed by atoms with E-state index in [-0.39, 0.29) is 36.3 Å². The number of carbonyl (C=O) groups is 1. The number of nitrogens with one attached hydrogen (secondary N) is 3. The summed E-state index contributed by atoms with van der Waals surface area (Å²) in [5.41, 5.74) is 1.18. The van der Waals surface area contributed by atoms with E-state index < -0.39 is 21.7 Å². The number of anilines is 3. The number of hydrogen-bond donors (Lipinski definition) is 3. The number of hydrogen-bond acceptors (Lipinski definition) is 7. The lowest BCUT2D eigenvalue weighted by Crippen LogP contribution is -2.40. The highest BCUT2D eigenvalue weighted by Crippen LogP contribution is 2.28. The molecule has 0 saturated carbocycles. The summed E-state index contributed by atoms with van der Waals surface area (Å²) in [4.78, 5) is 12.5. The van der Waals surface area contributed by atoms with Gasteiger partial charge in [-0.1, -0.05) is 12.1 Å². The quantitative estimate of drug-likeness (QED) is 0.494. The minimum absolute atomic E-state index is 0.0777. The van der Waals surface area contributed by atoms with E-state index in [1.807, 2.05) is 0 Å². The molecule has 4 rings (SSSR count). The van der Waals surface area contributed by atoms with Crippen molar-refractivity contribution in [2.75, 3.05) is 62.0 Å². The van der Waals surface area contributed by atoms with Crippen LogP contribution in [-0.4, -0.2) is 70.7 Å². The maximum absolute atomic E-state index is 13.8. The molecule has 184 valence electrons. The van der Waals surface area contributed by atoms with Crippen LogP contribution >= 0.6 is 0 Å². The first kappa shape index (κ1) is 24.4. The number of morpholine rings is 1. The lowest BCUT2D eigenvalue weighted by atomic mass is 10.2. The van der Waals surface area contributed by atoms with E-state index >= 15 is 0 Å². The van der Waals surface area contributed by atoms with Crippen LogP contribution in [0.4, 0.5) is 21.5 Å². The second-order valence-electron chi connectivity index (χ2n) is 8.12. The zero-order chi connectivity index (χ0) is 24.0. The summed E-state index contributed by atoms with van der Waals surface area (Å²) >= 11 is 0. The van der Waals surface area contributed by atoms with Gasteiger partial charge in [-0.3, -0.25) is 4.79 Å². The Morgan fingerprint density at radius 1 is 1.03 bits per heavy atom. The molecule has 2 saturated heterocycles. The van der Waals surface area contributed by atoms with Crippen molar-refractivity contribution < 1.29 is 27.1 Å². The van der Waals surface area contributed by atoms with E-state index in [0.717, 1.165) is 19.4 Å². The number of para-hydroxylation sites is 1. The van der Waals surface area contributed by atoms with Gasteiger partial charge in [0.25, 0.3) is 0 Å². The monoisotopic (exact) mass is 492 g/mol. The van der Waals surface area contributed by atoms with Crippen molar-refractivity contribution in [1.82, 2.24) is 4.31 Å². The maximum atomic E-state index is 13.8. The maximum Gasteiger partial charge on any atom is 0.243 e. The number of carbonyl (C=O) groups excluding carboxylic acids is 1. The van der Waals surface area contributed by atoms with Crippen LogP contribution in [-0.2, 0) is 24.3 Å². The Morgan fingerprint density at radius 3 is 2.56 bits per heavy atom. The fourth-order valence-corrected chi connectivity index (χ4v) is 5.32. The van der Waals surface area contributed by atoms with Gasteiger partial charge in [-0.05, 0) is 43.2 Å².